The maximum absolute atomic E-state index is 11.4. The van der Waals surface area contributed by atoms with Gasteiger partial charge in [-0.2, -0.15) is 0 Å². The lowest BCUT2D eigenvalue weighted by molar-refractivity contribution is -0.383. The zero-order chi connectivity index (χ0) is 22.5. The minimum atomic E-state index is -0.110. The first-order chi connectivity index (χ1) is 15.6. The number of hydrogen-bond acceptors (Lipinski definition) is 6. The second-order valence-electron chi connectivity index (χ2n) is 9.04. The Labute approximate surface area is 191 Å². The zero-order valence-corrected chi connectivity index (χ0v) is 19.5. The van der Waals surface area contributed by atoms with E-state index in [1.807, 2.05) is 12.1 Å². The molecule has 0 N–H and O–H groups in total. The number of hydrogen-bond donors (Lipinski definition) is 0. The summed E-state index contributed by atoms with van der Waals surface area (Å²) in [6.45, 7) is 6.76. The molecule has 2 aromatic rings. The predicted octanol–water partition coefficient (Wildman–Crippen LogP) is 2.49. The van der Waals surface area contributed by atoms with Gasteiger partial charge in [0.25, 0.3) is 0 Å². The highest BCUT2D eigenvalue weighted by Gasteiger charge is 2.26. The summed E-state index contributed by atoms with van der Waals surface area (Å²) in [4.78, 5) is 4.62. The van der Waals surface area contributed by atoms with Gasteiger partial charge in [0.05, 0.1) is 26.4 Å². The van der Waals surface area contributed by atoms with E-state index in [0.29, 0.717) is 19.1 Å². The fourth-order valence-corrected chi connectivity index (χ4v) is 4.83. The molecule has 2 heterocycles. The lowest BCUT2D eigenvalue weighted by Crippen LogP contribution is -2.53. The first kappa shape index (κ1) is 23.1. The van der Waals surface area contributed by atoms with Crippen LogP contribution in [-0.4, -0.2) is 75.6 Å². The molecule has 0 amide bonds. The highest BCUT2D eigenvalue weighted by Crippen LogP contribution is 2.35. The van der Waals surface area contributed by atoms with Crippen LogP contribution in [0, 0.1) is 0 Å². The van der Waals surface area contributed by atoms with Crippen molar-refractivity contribution in [1.29, 1.82) is 0 Å². The van der Waals surface area contributed by atoms with Gasteiger partial charge in [0.15, 0.2) is 0 Å². The first-order valence-electron chi connectivity index (χ1n) is 11.6. The zero-order valence-electron chi connectivity index (χ0n) is 19.5. The Hall–Kier alpha value is -2.12. The molecule has 2 aromatic carbocycles. The van der Waals surface area contributed by atoms with Crippen LogP contribution in [0.3, 0.4) is 0 Å². The van der Waals surface area contributed by atoms with E-state index in [4.69, 9.17) is 14.2 Å². The molecule has 6 heteroatoms. The van der Waals surface area contributed by atoms with Crippen LogP contribution in [0.15, 0.2) is 42.5 Å². The van der Waals surface area contributed by atoms with Crippen LogP contribution in [0.5, 0.6) is 11.5 Å². The number of nitrogens with zero attached hydrogens (tertiary/aromatic N) is 2. The molecule has 0 saturated carbocycles. The quantitative estimate of drug-likeness (QED) is 0.589. The van der Waals surface area contributed by atoms with Crippen LogP contribution in [0.2, 0.25) is 0 Å². The van der Waals surface area contributed by atoms with Crippen molar-refractivity contribution in [3.8, 4) is 11.5 Å². The number of benzene rings is 2. The second-order valence-corrected chi connectivity index (χ2v) is 9.04. The third kappa shape index (κ3) is 5.44. The van der Waals surface area contributed by atoms with E-state index in [1.165, 1.54) is 16.7 Å². The van der Waals surface area contributed by atoms with Crippen LogP contribution < -0.4 is 14.6 Å². The van der Waals surface area contributed by atoms with E-state index in [0.717, 1.165) is 44.1 Å². The topological polar surface area (TPSA) is 57.2 Å². The van der Waals surface area contributed by atoms with Gasteiger partial charge in [-0.15, -0.1) is 6.61 Å². The van der Waals surface area contributed by atoms with E-state index in [-0.39, 0.29) is 18.8 Å². The molecule has 174 valence electrons. The van der Waals surface area contributed by atoms with Gasteiger partial charge in [-0.1, -0.05) is 18.2 Å². The number of ether oxygens (including phenoxy) is 3. The molecule has 4 rings (SSSR count). The van der Waals surface area contributed by atoms with Gasteiger partial charge in [-0.25, -0.2) is 0 Å². The van der Waals surface area contributed by atoms with Crippen molar-refractivity contribution in [2.45, 2.75) is 38.0 Å². The normalized spacial score (nSPS) is 24.2. The molecule has 0 aromatic heterocycles. The number of fused-ring (bicyclic) bond motifs is 1. The van der Waals surface area contributed by atoms with Crippen molar-refractivity contribution in [2.75, 3.05) is 53.6 Å². The molecule has 2 aliphatic heterocycles. The largest absolute Gasteiger partial charge is 0.853 e. The number of likely N-dealkylation sites (N-methyl/N-ethyl adjacent to an activating group) is 1. The van der Waals surface area contributed by atoms with Crippen LogP contribution in [0.1, 0.15) is 36.0 Å². The molecule has 2 aliphatic rings. The lowest BCUT2D eigenvalue weighted by Gasteiger charge is -2.40. The van der Waals surface area contributed by atoms with E-state index in [2.05, 4.69) is 54.1 Å². The molecule has 0 aliphatic carbocycles. The molecule has 3 atom stereocenters. The minimum Gasteiger partial charge on any atom is -0.853 e. The Balaban J connectivity index is 1.37. The Morgan fingerprint density at radius 3 is 2.62 bits per heavy atom. The predicted molar refractivity (Wildman–Crippen MR) is 123 cm³/mol. The summed E-state index contributed by atoms with van der Waals surface area (Å²) in [5.41, 5.74) is 4.01. The lowest BCUT2D eigenvalue weighted by atomic mass is 9.84. The second kappa shape index (κ2) is 10.7. The van der Waals surface area contributed by atoms with Crippen LogP contribution in [0.25, 0.3) is 0 Å². The van der Waals surface area contributed by atoms with Crippen molar-refractivity contribution in [3.05, 3.63) is 59.2 Å². The van der Waals surface area contributed by atoms with Gasteiger partial charge in [-0.05, 0) is 61.3 Å². The summed E-state index contributed by atoms with van der Waals surface area (Å²) in [5, 5.41) is 11.4. The molecule has 32 heavy (non-hydrogen) atoms. The molecular formula is C26H35N2O4-. The third-order valence-corrected chi connectivity index (χ3v) is 6.57. The van der Waals surface area contributed by atoms with Gasteiger partial charge < -0.3 is 24.2 Å². The van der Waals surface area contributed by atoms with E-state index >= 15 is 0 Å². The highest BCUT2D eigenvalue weighted by molar-refractivity contribution is 5.45. The van der Waals surface area contributed by atoms with Crippen LogP contribution in [-0.2, 0) is 11.3 Å². The SMILES string of the molecule is COc1ccc(C2CN(C)Cc3cc(OCCCN4C[C@@H](C)OCC4C[O-])ccc32)cc1. The first-order valence-corrected chi connectivity index (χ1v) is 11.6. The molecular weight excluding hydrogens is 404 g/mol. The fourth-order valence-electron chi connectivity index (χ4n) is 4.83. The van der Waals surface area contributed by atoms with Gasteiger partial charge >= 0.3 is 0 Å². The highest BCUT2D eigenvalue weighted by atomic mass is 16.5. The summed E-state index contributed by atoms with van der Waals surface area (Å²) < 4.78 is 17.0. The maximum Gasteiger partial charge on any atom is 0.119 e. The summed E-state index contributed by atoms with van der Waals surface area (Å²) in [6.07, 6.45) is 1.09. The van der Waals surface area contributed by atoms with Crippen molar-refractivity contribution in [1.82, 2.24) is 9.80 Å². The summed E-state index contributed by atoms with van der Waals surface area (Å²) in [6, 6.07) is 14.9. The Kier molecular flexibility index (Phi) is 7.68. The number of morpholine rings is 1. The van der Waals surface area contributed by atoms with Crippen molar-refractivity contribution in [3.63, 3.8) is 0 Å². The maximum atomic E-state index is 11.4. The van der Waals surface area contributed by atoms with E-state index < -0.39 is 0 Å². The summed E-state index contributed by atoms with van der Waals surface area (Å²) >= 11 is 0. The molecule has 1 saturated heterocycles. The van der Waals surface area contributed by atoms with Crippen molar-refractivity contribution >= 4 is 0 Å². The Morgan fingerprint density at radius 2 is 1.88 bits per heavy atom. The van der Waals surface area contributed by atoms with Gasteiger partial charge in [0.2, 0.25) is 0 Å². The standard InChI is InChI=1S/C26H35N2O4/c1-19-14-28(22(17-29)18-32-19)11-4-12-31-24-9-10-25-21(13-24)15-27(2)16-26(25)20-5-7-23(30-3)8-6-20/h5-10,13,19,22,26H,4,11-12,14-18H2,1-3H3/q-1/t19-,22?,26?/m1/s1. The Bertz CT molecular complexity index is 873. The van der Waals surface area contributed by atoms with E-state index in [9.17, 15) is 5.11 Å². The summed E-state index contributed by atoms with van der Waals surface area (Å²) in [5.74, 6) is 2.15. The Morgan fingerprint density at radius 1 is 1.09 bits per heavy atom. The summed E-state index contributed by atoms with van der Waals surface area (Å²) in [7, 11) is 3.87. The minimum absolute atomic E-state index is 0.0135. The van der Waals surface area contributed by atoms with E-state index in [1.54, 1.807) is 7.11 Å². The molecule has 2 unspecified atom stereocenters. The van der Waals surface area contributed by atoms with Crippen LogP contribution in [0.4, 0.5) is 0 Å². The monoisotopic (exact) mass is 439 g/mol. The van der Waals surface area contributed by atoms with Crippen molar-refractivity contribution < 1.29 is 19.3 Å². The average Bonchev–Trinajstić information content (AvgIpc) is 2.81. The van der Waals surface area contributed by atoms with Crippen molar-refractivity contribution in [2.24, 2.45) is 0 Å². The number of methoxy groups -OCH3 is 1. The van der Waals surface area contributed by atoms with Crippen LogP contribution >= 0.6 is 0 Å². The number of rotatable bonds is 8. The molecule has 0 radical (unpaired) electrons. The van der Waals surface area contributed by atoms with Gasteiger partial charge in [-0.3, -0.25) is 4.90 Å². The third-order valence-electron chi connectivity index (χ3n) is 6.57. The average molecular weight is 440 g/mol. The fraction of sp³-hybridized carbons (Fsp3) is 0.538. The molecule has 0 spiro atoms. The molecule has 1 fully saturated rings. The molecule has 6 nitrogen and oxygen atoms in total. The van der Waals surface area contributed by atoms with Gasteiger partial charge in [0, 0.05) is 38.1 Å². The smallest absolute Gasteiger partial charge is 0.119 e. The molecule has 0 bridgehead atoms. The van der Waals surface area contributed by atoms with Gasteiger partial charge in [0.1, 0.15) is 11.5 Å².